The Bertz CT molecular complexity index is 332. The molecule has 0 radical (unpaired) electrons. The normalized spacial score (nSPS) is 17.9. The van der Waals surface area contributed by atoms with Crippen molar-refractivity contribution < 1.29 is 14.2 Å². The van der Waals surface area contributed by atoms with E-state index < -0.39 is 11.9 Å². The summed E-state index contributed by atoms with van der Waals surface area (Å²) in [7, 11) is 0. The molecule has 1 fully saturated rings. The maximum absolute atomic E-state index is 13.4. The second kappa shape index (κ2) is 3.58. The molecule has 0 saturated heterocycles. The van der Waals surface area contributed by atoms with Gasteiger partial charge in [-0.3, -0.25) is 0 Å². The number of hydrogen-bond donors (Lipinski definition) is 1. The maximum Gasteiger partial charge on any atom is 0.165 e. The van der Waals surface area contributed by atoms with Gasteiger partial charge in [0.15, 0.2) is 11.6 Å². The molecule has 0 bridgehead atoms. The van der Waals surface area contributed by atoms with E-state index in [1.807, 2.05) is 0 Å². The third-order valence-corrected chi connectivity index (χ3v) is 2.26. The zero-order chi connectivity index (χ0) is 10.1. The molecule has 1 aliphatic carbocycles. The van der Waals surface area contributed by atoms with Crippen molar-refractivity contribution >= 4 is 0 Å². The number of halogens is 1. The second-order valence-corrected chi connectivity index (χ2v) is 3.68. The van der Waals surface area contributed by atoms with Crippen LogP contribution < -0.4 is 4.74 Å². The molecule has 2 nitrogen and oxygen atoms in total. The van der Waals surface area contributed by atoms with E-state index in [0.29, 0.717) is 5.56 Å². The molecule has 1 unspecified atom stereocenters. The average molecular weight is 196 g/mol. The molecule has 0 aromatic heterocycles. The van der Waals surface area contributed by atoms with Crippen molar-refractivity contribution in [2.45, 2.75) is 32.0 Å². The molecule has 2 rings (SSSR count). The van der Waals surface area contributed by atoms with E-state index in [0.717, 1.165) is 12.8 Å². The Kier molecular flexibility index (Phi) is 2.42. The number of hydrogen-bond acceptors (Lipinski definition) is 2. The lowest BCUT2D eigenvalue weighted by molar-refractivity contribution is 0.198. The molecule has 0 amide bonds. The van der Waals surface area contributed by atoms with Crippen molar-refractivity contribution in [1.29, 1.82) is 0 Å². The van der Waals surface area contributed by atoms with Crippen LogP contribution in [-0.2, 0) is 0 Å². The van der Waals surface area contributed by atoms with Gasteiger partial charge in [-0.05, 0) is 37.5 Å². The Morgan fingerprint density at radius 1 is 1.50 bits per heavy atom. The van der Waals surface area contributed by atoms with E-state index in [1.165, 1.54) is 6.07 Å². The Morgan fingerprint density at radius 2 is 2.21 bits per heavy atom. The van der Waals surface area contributed by atoms with Crippen molar-refractivity contribution in [2.75, 3.05) is 0 Å². The fraction of sp³-hybridized carbons (Fsp3) is 0.455. The van der Waals surface area contributed by atoms with Crippen LogP contribution in [0.4, 0.5) is 4.39 Å². The van der Waals surface area contributed by atoms with Crippen molar-refractivity contribution in [3.8, 4) is 5.75 Å². The van der Waals surface area contributed by atoms with Gasteiger partial charge in [-0.25, -0.2) is 4.39 Å². The molecule has 1 atom stereocenters. The van der Waals surface area contributed by atoms with Crippen molar-refractivity contribution in [1.82, 2.24) is 0 Å². The first-order chi connectivity index (χ1) is 6.66. The minimum absolute atomic E-state index is 0.196. The van der Waals surface area contributed by atoms with Gasteiger partial charge in [0.25, 0.3) is 0 Å². The Balaban J connectivity index is 2.17. The summed E-state index contributed by atoms with van der Waals surface area (Å²) in [5, 5.41) is 9.23. The molecular formula is C11H13FO2. The van der Waals surface area contributed by atoms with Crippen LogP contribution in [0.25, 0.3) is 0 Å². The van der Waals surface area contributed by atoms with E-state index >= 15 is 0 Å². The van der Waals surface area contributed by atoms with E-state index in [-0.39, 0.29) is 11.9 Å². The zero-order valence-electron chi connectivity index (χ0n) is 8.03. The van der Waals surface area contributed by atoms with Crippen LogP contribution in [-0.4, -0.2) is 11.2 Å². The molecule has 0 aliphatic heterocycles. The van der Waals surface area contributed by atoms with Gasteiger partial charge >= 0.3 is 0 Å². The lowest BCUT2D eigenvalue weighted by Gasteiger charge is -2.08. The Morgan fingerprint density at radius 3 is 2.71 bits per heavy atom. The lowest BCUT2D eigenvalue weighted by Crippen LogP contribution is -2.00. The zero-order valence-corrected chi connectivity index (χ0v) is 8.03. The van der Waals surface area contributed by atoms with Crippen LogP contribution in [0.2, 0.25) is 0 Å². The monoisotopic (exact) mass is 196 g/mol. The summed E-state index contributed by atoms with van der Waals surface area (Å²) in [5.41, 5.74) is 0.575. The third kappa shape index (κ3) is 2.04. The first kappa shape index (κ1) is 9.46. The highest BCUT2D eigenvalue weighted by atomic mass is 19.1. The highest BCUT2D eigenvalue weighted by molar-refractivity contribution is 5.30. The van der Waals surface area contributed by atoms with Crippen LogP contribution in [0.5, 0.6) is 5.75 Å². The minimum atomic E-state index is -0.639. The van der Waals surface area contributed by atoms with E-state index in [4.69, 9.17) is 4.74 Å². The number of benzene rings is 1. The molecular weight excluding hydrogens is 183 g/mol. The topological polar surface area (TPSA) is 29.5 Å². The molecule has 1 saturated carbocycles. The van der Waals surface area contributed by atoms with Gasteiger partial charge in [0.05, 0.1) is 12.2 Å². The van der Waals surface area contributed by atoms with Crippen LogP contribution in [0.3, 0.4) is 0 Å². The first-order valence-corrected chi connectivity index (χ1v) is 4.81. The van der Waals surface area contributed by atoms with Gasteiger partial charge in [-0.2, -0.15) is 0 Å². The summed E-state index contributed by atoms with van der Waals surface area (Å²) in [6.45, 7) is 1.61. The maximum atomic E-state index is 13.4. The molecule has 1 aliphatic rings. The first-order valence-electron chi connectivity index (χ1n) is 4.81. The van der Waals surface area contributed by atoms with Crippen LogP contribution in [0, 0.1) is 5.82 Å². The van der Waals surface area contributed by atoms with Crippen molar-refractivity contribution in [3.05, 3.63) is 29.6 Å². The molecule has 76 valence electrons. The van der Waals surface area contributed by atoms with Crippen LogP contribution in [0.1, 0.15) is 31.4 Å². The fourth-order valence-electron chi connectivity index (χ4n) is 1.24. The van der Waals surface area contributed by atoms with Crippen LogP contribution in [0.15, 0.2) is 18.2 Å². The molecule has 3 heteroatoms. The van der Waals surface area contributed by atoms with Gasteiger partial charge in [0, 0.05) is 0 Å². The van der Waals surface area contributed by atoms with E-state index in [2.05, 4.69) is 0 Å². The highest BCUT2D eigenvalue weighted by Gasteiger charge is 2.24. The number of aliphatic hydroxyl groups excluding tert-OH is 1. The van der Waals surface area contributed by atoms with Crippen molar-refractivity contribution in [3.63, 3.8) is 0 Å². The summed E-state index contributed by atoms with van der Waals surface area (Å²) in [6.07, 6.45) is 1.58. The summed E-state index contributed by atoms with van der Waals surface area (Å²) < 4.78 is 18.7. The Hall–Kier alpha value is -1.09. The quantitative estimate of drug-likeness (QED) is 0.804. The van der Waals surface area contributed by atoms with Crippen molar-refractivity contribution in [2.24, 2.45) is 0 Å². The summed E-state index contributed by atoms with van der Waals surface area (Å²) >= 11 is 0. The second-order valence-electron chi connectivity index (χ2n) is 3.68. The highest BCUT2D eigenvalue weighted by Crippen LogP contribution is 2.29. The molecule has 14 heavy (non-hydrogen) atoms. The Labute approximate surface area is 82.3 Å². The molecule has 0 heterocycles. The smallest absolute Gasteiger partial charge is 0.165 e. The van der Waals surface area contributed by atoms with E-state index in [9.17, 15) is 9.50 Å². The van der Waals surface area contributed by atoms with Gasteiger partial charge in [0.1, 0.15) is 0 Å². The summed E-state index contributed by atoms with van der Waals surface area (Å²) in [5.74, 6) is -0.104. The van der Waals surface area contributed by atoms with Gasteiger partial charge < -0.3 is 9.84 Å². The largest absolute Gasteiger partial charge is 0.487 e. The number of ether oxygens (including phenoxy) is 1. The summed E-state index contributed by atoms with van der Waals surface area (Å²) in [4.78, 5) is 0. The average Bonchev–Trinajstić information content (AvgIpc) is 2.92. The summed E-state index contributed by atoms with van der Waals surface area (Å²) in [6, 6.07) is 4.59. The number of aliphatic hydroxyl groups is 1. The third-order valence-electron chi connectivity index (χ3n) is 2.26. The van der Waals surface area contributed by atoms with E-state index in [1.54, 1.807) is 19.1 Å². The van der Waals surface area contributed by atoms with Crippen LogP contribution >= 0.6 is 0 Å². The van der Waals surface area contributed by atoms with Gasteiger partial charge in [0.2, 0.25) is 0 Å². The fourth-order valence-corrected chi connectivity index (χ4v) is 1.24. The predicted molar refractivity (Wildman–Crippen MR) is 50.7 cm³/mol. The van der Waals surface area contributed by atoms with Gasteiger partial charge in [-0.1, -0.05) is 6.07 Å². The van der Waals surface area contributed by atoms with Gasteiger partial charge in [-0.15, -0.1) is 0 Å². The molecule has 0 spiro atoms. The number of rotatable bonds is 3. The predicted octanol–water partition coefficient (Wildman–Crippen LogP) is 2.42. The minimum Gasteiger partial charge on any atom is -0.487 e. The lowest BCUT2D eigenvalue weighted by atomic mass is 10.1. The standard InChI is InChI=1S/C11H13FO2/c1-7(13)8-2-5-11(10(12)6-8)14-9-3-4-9/h2,5-7,9,13H,3-4H2,1H3. The molecule has 1 aromatic carbocycles. The SMILES string of the molecule is CC(O)c1ccc(OC2CC2)c(F)c1. The molecule has 1 aromatic rings. The molecule has 1 N–H and O–H groups in total.